The molecule has 41 heavy (non-hydrogen) atoms. The van der Waals surface area contributed by atoms with Crippen LogP contribution >= 0.6 is 11.3 Å². The van der Waals surface area contributed by atoms with Gasteiger partial charge in [0.2, 0.25) is 0 Å². The first kappa shape index (κ1) is 23.7. The fourth-order valence-corrected chi connectivity index (χ4v) is 6.66. The average Bonchev–Trinajstić information content (AvgIpc) is 3.44. The summed E-state index contributed by atoms with van der Waals surface area (Å²) in [7, 11) is 0. The third-order valence-corrected chi connectivity index (χ3v) is 8.76. The second-order valence-electron chi connectivity index (χ2n) is 10.1. The minimum atomic E-state index is 0.664. The number of fused-ring (bicyclic) bond motifs is 4. The summed E-state index contributed by atoms with van der Waals surface area (Å²) in [5.41, 5.74) is 5.30. The van der Waals surface area contributed by atoms with E-state index in [0.29, 0.717) is 17.5 Å². The highest BCUT2D eigenvalue weighted by atomic mass is 32.1. The Morgan fingerprint density at radius 1 is 0.390 bits per heavy atom. The lowest BCUT2D eigenvalue weighted by Crippen LogP contribution is -2.00. The van der Waals surface area contributed by atoms with E-state index in [1.165, 1.54) is 36.5 Å². The molecule has 0 aliphatic heterocycles. The summed E-state index contributed by atoms with van der Waals surface area (Å²) >= 11 is 1.79. The van der Waals surface area contributed by atoms with E-state index in [2.05, 4.69) is 109 Å². The number of hydrogen-bond donors (Lipinski definition) is 0. The Morgan fingerprint density at radius 3 is 1.83 bits per heavy atom. The van der Waals surface area contributed by atoms with Crippen LogP contribution in [0.3, 0.4) is 0 Å². The van der Waals surface area contributed by atoms with Crippen molar-refractivity contribution in [2.24, 2.45) is 0 Å². The molecular weight excluding hydrogens is 518 g/mol. The highest BCUT2D eigenvalue weighted by Crippen LogP contribution is 2.39. The number of nitrogens with zero attached hydrogens (tertiary/aromatic N) is 3. The zero-order valence-corrected chi connectivity index (χ0v) is 22.8. The molecule has 0 bridgehead atoms. The van der Waals surface area contributed by atoms with Crippen LogP contribution in [-0.2, 0) is 0 Å². The number of benzene rings is 6. The zero-order chi connectivity index (χ0) is 27.2. The van der Waals surface area contributed by atoms with Crippen molar-refractivity contribution in [3.63, 3.8) is 0 Å². The summed E-state index contributed by atoms with van der Waals surface area (Å²) < 4.78 is 2.45. The van der Waals surface area contributed by atoms with Gasteiger partial charge in [-0.05, 0) is 40.1 Å². The molecule has 0 fully saturated rings. The van der Waals surface area contributed by atoms with Crippen LogP contribution in [0.5, 0.6) is 0 Å². The molecule has 0 aliphatic carbocycles. The van der Waals surface area contributed by atoms with Gasteiger partial charge in [0.25, 0.3) is 0 Å². The monoisotopic (exact) mass is 541 g/mol. The molecule has 2 heterocycles. The van der Waals surface area contributed by atoms with Crippen LogP contribution in [0.4, 0.5) is 0 Å². The van der Waals surface area contributed by atoms with Crippen molar-refractivity contribution in [1.82, 2.24) is 15.0 Å². The lowest BCUT2D eigenvalue weighted by atomic mass is 10.00. The quantitative estimate of drug-likeness (QED) is 0.222. The molecule has 0 atom stereocenters. The van der Waals surface area contributed by atoms with Crippen LogP contribution in [-0.4, -0.2) is 15.0 Å². The minimum absolute atomic E-state index is 0.664. The fourth-order valence-electron chi connectivity index (χ4n) is 5.45. The van der Waals surface area contributed by atoms with Gasteiger partial charge in [-0.1, -0.05) is 121 Å². The maximum absolute atomic E-state index is 5.05. The largest absolute Gasteiger partial charge is 0.208 e. The molecule has 4 heteroatoms. The predicted molar refractivity (Wildman–Crippen MR) is 172 cm³/mol. The third-order valence-electron chi connectivity index (χ3n) is 7.54. The molecule has 0 spiro atoms. The molecule has 0 radical (unpaired) electrons. The number of thiophene rings is 1. The normalized spacial score (nSPS) is 11.4. The lowest BCUT2D eigenvalue weighted by molar-refractivity contribution is 1.08. The van der Waals surface area contributed by atoms with E-state index in [9.17, 15) is 0 Å². The van der Waals surface area contributed by atoms with Gasteiger partial charge in [0.05, 0.1) is 0 Å². The van der Waals surface area contributed by atoms with Crippen molar-refractivity contribution in [2.45, 2.75) is 0 Å². The van der Waals surface area contributed by atoms with Crippen LogP contribution in [0, 0.1) is 0 Å². The zero-order valence-electron chi connectivity index (χ0n) is 22.0. The highest BCUT2D eigenvalue weighted by Gasteiger charge is 2.16. The van der Waals surface area contributed by atoms with Crippen LogP contribution in [0.2, 0.25) is 0 Å². The first-order valence-electron chi connectivity index (χ1n) is 13.6. The first-order chi connectivity index (χ1) is 20.3. The summed E-state index contributed by atoms with van der Waals surface area (Å²) in [6.07, 6.45) is 0. The molecule has 8 aromatic rings. The highest BCUT2D eigenvalue weighted by molar-refractivity contribution is 7.26. The van der Waals surface area contributed by atoms with Crippen molar-refractivity contribution < 1.29 is 0 Å². The van der Waals surface area contributed by atoms with Crippen molar-refractivity contribution in [3.8, 4) is 45.3 Å². The molecule has 3 nitrogen and oxygen atoms in total. The Morgan fingerprint density at radius 2 is 1.00 bits per heavy atom. The van der Waals surface area contributed by atoms with Gasteiger partial charge in [0, 0.05) is 36.9 Å². The maximum atomic E-state index is 5.05. The molecule has 0 saturated carbocycles. The summed E-state index contributed by atoms with van der Waals surface area (Å²) in [6, 6.07) is 48.7. The molecule has 2 aromatic heterocycles. The molecular formula is C37H23N3S. The van der Waals surface area contributed by atoms with Gasteiger partial charge in [0.15, 0.2) is 17.5 Å². The van der Waals surface area contributed by atoms with E-state index in [1.807, 2.05) is 30.3 Å². The topological polar surface area (TPSA) is 38.7 Å². The second-order valence-corrected chi connectivity index (χ2v) is 11.1. The van der Waals surface area contributed by atoms with Crippen LogP contribution < -0.4 is 0 Å². The van der Waals surface area contributed by atoms with Crippen molar-refractivity contribution in [3.05, 3.63) is 140 Å². The van der Waals surface area contributed by atoms with E-state index in [4.69, 9.17) is 15.0 Å². The van der Waals surface area contributed by atoms with Gasteiger partial charge in [-0.25, -0.2) is 15.0 Å². The Bertz CT molecular complexity index is 2200. The van der Waals surface area contributed by atoms with Gasteiger partial charge in [-0.2, -0.15) is 0 Å². The summed E-state index contributed by atoms with van der Waals surface area (Å²) in [6.45, 7) is 0. The van der Waals surface area contributed by atoms with E-state index >= 15 is 0 Å². The summed E-state index contributed by atoms with van der Waals surface area (Å²) in [5, 5.41) is 4.97. The standard InChI is InChI=1S/C37H23N3S/c1-2-10-26(11-3-1)35-38-36(27-20-17-25(18-21-27)29-22-19-24-9-4-5-12-28(24)23-29)40-37(39-35)32-15-8-14-31-30-13-6-7-16-33(30)41-34(31)32/h1-23H. The summed E-state index contributed by atoms with van der Waals surface area (Å²) in [5.74, 6) is 2.02. The van der Waals surface area contributed by atoms with Crippen molar-refractivity contribution >= 4 is 42.3 Å². The minimum Gasteiger partial charge on any atom is -0.208 e. The Hall–Kier alpha value is -5.19. The van der Waals surface area contributed by atoms with Crippen molar-refractivity contribution in [1.29, 1.82) is 0 Å². The van der Waals surface area contributed by atoms with Gasteiger partial charge < -0.3 is 0 Å². The Kier molecular flexibility index (Phi) is 5.64. The van der Waals surface area contributed by atoms with Gasteiger partial charge in [0.1, 0.15) is 0 Å². The van der Waals surface area contributed by atoms with Crippen LogP contribution in [0.15, 0.2) is 140 Å². The number of hydrogen-bond acceptors (Lipinski definition) is 4. The maximum Gasteiger partial charge on any atom is 0.165 e. The molecule has 6 aromatic carbocycles. The van der Waals surface area contributed by atoms with Crippen LogP contribution in [0.1, 0.15) is 0 Å². The third kappa shape index (κ3) is 4.26. The molecule has 0 saturated heterocycles. The molecule has 0 aliphatic rings. The van der Waals surface area contributed by atoms with E-state index in [1.54, 1.807) is 11.3 Å². The molecule has 0 unspecified atom stereocenters. The smallest absolute Gasteiger partial charge is 0.165 e. The predicted octanol–water partition coefficient (Wildman–Crippen LogP) is 10.1. The molecule has 192 valence electrons. The van der Waals surface area contributed by atoms with E-state index in [-0.39, 0.29) is 0 Å². The molecule has 8 rings (SSSR count). The first-order valence-corrected chi connectivity index (χ1v) is 14.4. The number of rotatable bonds is 4. The summed E-state index contributed by atoms with van der Waals surface area (Å²) in [4.78, 5) is 15.0. The fraction of sp³-hybridized carbons (Fsp3) is 0. The second kappa shape index (κ2) is 9.77. The van der Waals surface area contributed by atoms with Gasteiger partial charge in [-0.3, -0.25) is 0 Å². The van der Waals surface area contributed by atoms with Gasteiger partial charge in [-0.15, -0.1) is 11.3 Å². The SMILES string of the molecule is c1ccc(-c2nc(-c3ccc(-c4ccc5ccccc5c4)cc3)nc(-c3cccc4c3sc3ccccc34)n2)cc1. The lowest BCUT2D eigenvalue weighted by Gasteiger charge is -2.10. The van der Waals surface area contributed by atoms with E-state index < -0.39 is 0 Å². The van der Waals surface area contributed by atoms with E-state index in [0.717, 1.165) is 22.3 Å². The van der Waals surface area contributed by atoms with Crippen LogP contribution in [0.25, 0.3) is 76.2 Å². The number of aromatic nitrogens is 3. The molecule has 0 amide bonds. The van der Waals surface area contributed by atoms with Crippen molar-refractivity contribution in [2.75, 3.05) is 0 Å². The Labute approximate surface area is 241 Å². The Balaban J connectivity index is 1.27. The molecule has 0 N–H and O–H groups in total. The average molecular weight is 542 g/mol. The van der Waals surface area contributed by atoms with Gasteiger partial charge >= 0.3 is 0 Å².